The summed E-state index contributed by atoms with van der Waals surface area (Å²) < 4.78 is 40.3. The molecular formula is C24H28FN5O4S. The monoisotopic (exact) mass is 501 g/mol. The highest BCUT2D eigenvalue weighted by atomic mass is 32.2. The molecule has 2 heterocycles. The Labute approximate surface area is 203 Å². The van der Waals surface area contributed by atoms with Gasteiger partial charge in [-0.3, -0.25) is 4.79 Å². The Morgan fingerprint density at radius 1 is 1.26 bits per heavy atom. The molecule has 2 atom stereocenters. The number of aromatic nitrogens is 2. The number of fused-ring (bicyclic) bond motifs is 1. The molecule has 1 aliphatic heterocycles. The van der Waals surface area contributed by atoms with E-state index in [-0.39, 0.29) is 11.7 Å². The summed E-state index contributed by atoms with van der Waals surface area (Å²) in [5.74, 6) is 3.61. The lowest BCUT2D eigenvalue weighted by Crippen LogP contribution is -2.46. The SMILES string of the molecule is C=S(C)(=O)Nc1cc(C)c2c(Nc3ccc(F)cc3O[C@H](C)C(=O)N3CCOCC3)ncnc2c1. The zero-order valence-corrected chi connectivity index (χ0v) is 20.7. The van der Waals surface area contributed by atoms with Gasteiger partial charge in [-0.25, -0.2) is 18.6 Å². The van der Waals surface area contributed by atoms with Crippen LogP contribution in [-0.2, 0) is 19.2 Å². The summed E-state index contributed by atoms with van der Waals surface area (Å²) in [5, 5.41) is 3.93. The molecule has 4 rings (SSSR count). The second-order valence-electron chi connectivity index (χ2n) is 8.48. The Morgan fingerprint density at radius 3 is 2.71 bits per heavy atom. The molecule has 0 bridgehead atoms. The molecule has 11 heteroatoms. The fraction of sp³-hybridized carbons (Fsp3) is 0.333. The molecule has 0 spiro atoms. The normalized spacial score (nSPS) is 16.4. The van der Waals surface area contributed by atoms with Gasteiger partial charge in [0.1, 0.15) is 23.7 Å². The number of hydrogen-bond donors (Lipinski definition) is 2. The number of anilines is 3. The molecule has 1 aromatic heterocycles. The summed E-state index contributed by atoms with van der Waals surface area (Å²) in [4.78, 5) is 23.2. The van der Waals surface area contributed by atoms with Crippen molar-refractivity contribution in [2.75, 3.05) is 42.6 Å². The molecule has 3 aromatic rings. The lowest BCUT2D eigenvalue weighted by Gasteiger charge is -2.29. The lowest BCUT2D eigenvalue weighted by atomic mass is 10.1. The van der Waals surface area contributed by atoms with E-state index in [1.54, 1.807) is 17.9 Å². The molecule has 186 valence electrons. The van der Waals surface area contributed by atoms with Crippen LogP contribution in [0.4, 0.5) is 21.6 Å². The minimum Gasteiger partial charge on any atom is -0.479 e. The van der Waals surface area contributed by atoms with Crippen molar-refractivity contribution < 1.29 is 22.9 Å². The molecule has 1 saturated heterocycles. The van der Waals surface area contributed by atoms with Crippen molar-refractivity contribution in [3.05, 3.63) is 48.0 Å². The first kappa shape index (κ1) is 24.7. The maximum absolute atomic E-state index is 14.1. The maximum atomic E-state index is 14.1. The van der Waals surface area contributed by atoms with Crippen LogP contribution >= 0.6 is 0 Å². The molecule has 1 amide bonds. The molecule has 1 unspecified atom stereocenters. The van der Waals surface area contributed by atoms with Crippen LogP contribution in [0.1, 0.15) is 12.5 Å². The van der Waals surface area contributed by atoms with Crippen molar-refractivity contribution in [2.24, 2.45) is 0 Å². The van der Waals surface area contributed by atoms with Crippen molar-refractivity contribution in [1.82, 2.24) is 14.9 Å². The molecule has 1 fully saturated rings. The van der Waals surface area contributed by atoms with Crippen molar-refractivity contribution in [3.8, 4) is 5.75 Å². The van der Waals surface area contributed by atoms with E-state index in [4.69, 9.17) is 9.47 Å². The van der Waals surface area contributed by atoms with E-state index in [0.717, 1.165) is 10.9 Å². The van der Waals surface area contributed by atoms with Crippen LogP contribution in [0.25, 0.3) is 10.9 Å². The number of aryl methyl sites for hydroxylation is 1. The van der Waals surface area contributed by atoms with Gasteiger partial charge in [-0.05, 0) is 49.5 Å². The standard InChI is InChI=1S/C24H28FN5O4S/c1-15-11-18(29-35(3,4)32)13-20-22(15)23(27-14-26-20)28-19-6-5-17(25)12-21(19)34-16(2)24(31)30-7-9-33-10-8-30/h5-6,11-14,16H,3,7-10H2,1-2,4H3,(H,29,32)(H,26,27,28)/t16-,35?/m1/s1. The van der Waals surface area contributed by atoms with Crippen LogP contribution in [0.15, 0.2) is 36.7 Å². The summed E-state index contributed by atoms with van der Waals surface area (Å²) >= 11 is 0. The number of rotatable bonds is 7. The van der Waals surface area contributed by atoms with E-state index in [1.807, 2.05) is 13.0 Å². The number of morpholine rings is 1. The third-order valence-corrected chi connectivity index (χ3v) is 6.11. The van der Waals surface area contributed by atoms with E-state index >= 15 is 0 Å². The van der Waals surface area contributed by atoms with E-state index in [0.29, 0.717) is 49.0 Å². The number of carbonyl (C=O) groups excluding carboxylic acids is 1. The maximum Gasteiger partial charge on any atom is 0.263 e. The predicted octanol–water partition coefficient (Wildman–Crippen LogP) is 3.12. The average Bonchev–Trinajstić information content (AvgIpc) is 2.79. The van der Waals surface area contributed by atoms with Crippen molar-refractivity contribution in [1.29, 1.82) is 0 Å². The zero-order valence-electron chi connectivity index (χ0n) is 19.8. The van der Waals surface area contributed by atoms with Gasteiger partial charge in [-0.15, -0.1) is 0 Å². The molecule has 35 heavy (non-hydrogen) atoms. The Bertz CT molecular complexity index is 1360. The summed E-state index contributed by atoms with van der Waals surface area (Å²) in [6, 6.07) is 7.65. The highest BCUT2D eigenvalue weighted by Gasteiger charge is 2.25. The van der Waals surface area contributed by atoms with Crippen molar-refractivity contribution >= 4 is 49.6 Å². The number of nitrogens with zero attached hydrogens (tertiary/aromatic N) is 3. The first-order valence-electron chi connectivity index (χ1n) is 11.1. The number of benzene rings is 2. The summed E-state index contributed by atoms with van der Waals surface area (Å²) in [7, 11) is -2.46. The first-order valence-corrected chi connectivity index (χ1v) is 13.2. The average molecular weight is 502 g/mol. The lowest BCUT2D eigenvalue weighted by molar-refractivity contribution is -0.142. The van der Waals surface area contributed by atoms with Crippen molar-refractivity contribution in [3.63, 3.8) is 0 Å². The number of halogens is 1. The van der Waals surface area contributed by atoms with Gasteiger partial charge in [0.15, 0.2) is 6.10 Å². The highest BCUT2D eigenvalue weighted by molar-refractivity contribution is 8.00. The van der Waals surface area contributed by atoms with Gasteiger partial charge in [0.25, 0.3) is 5.91 Å². The Morgan fingerprint density at radius 2 is 2.00 bits per heavy atom. The van der Waals surface area contributed by atoms with Gasteiger partial charge in [0.05, 0.1) is 24.4 Å². The van der Waals surface area contributed by atoms with Crippen LogP contribution < -0.4 is 14.8 Å². The van der Waals surface area contributed by atoms with Crippen LogP contribution in [0.2, 0.25) is 0 Å². The summed E-state index contributed by atoms with van der Waals surface area (Å²) in [6.07, 6.45) is 2.09. The largest absolute Gasteiger partial charge is 0.479 e. The smallest absolute Gasteiger partial charge is 0.263 e. The van der Waals surface area contributed by atoms with Gasteiger partial charge in [0, 0.05) is 46.2 Å². The molecule has 9 nitrogen and oxygen atoms in total. The highest BCUT2D eigenvalue weighted by Crippen LogP contribution is 2.33. The fourth-order valence-corrected chi connectivity index (χ4v) is 4.52. The quantitative estimate of drug-likeness (QED) is 0.479. The van der Waals surface area contributed by atoms with Gasteiger partial charge < -0.3 is 24.4 Å². The van der Waals surface area contributed by atoms with Crippen LogP contribution in [-0.4, -0.2) is 69.5 Å². The van der Waals surface area contributed by atoms with E-state index in [9.17, 15) is 13.4 Å². The number of carbonyl (C=O) groups is 1. The second-order valence-corrected chi connectivity index (χ2v) is 10.7. The topological polar surface area (TPSA) is 106 Å². The number of hydrogen-bond acceptors (Lipinski definition) is 7. The van der Waals surface area contributed by atoms with Crippen LogP contribution in [0, 0.1) is 12.7 Å². The minimum atomic E-state index is -2.46. The number of nitrogens with one attached hydrogen (secondary N) is 2. The number of ether oxygens (including phenoxy) is 2. The van der Waals surface area contributed by atoms with Gasteiger partial charge in [-0.2, -0.15) is 0 Å². The zero-order chi connectivity index (χ0) is 25.2. The Balaban J connectivity index is 1.63. The number of amides is 1. The molecule has 1 aliphatic rings. The van der Waals surface area contributed by atoms with Crippen molar-refractivity contribution in [2.45, 2.75) is 20.0 Å². The Kier molecular flexibility index (Phi) is 7.08. The molecule has 0 radical (unpaired) electrons. The molecule has 0 saturated carbocycles. The van der Waals surface area contributed by atoms with E-state index in [2.05, 4.69) is 25.9 Å². The second kappa shape index (κ2) is 10.0. The van der Waals surface area contributed by atoms with Gasteiger partial charge in [0.2, 0.25) is 0 Å². The predicted molar refractivity (Wildman–Crippen MR) is 136 cm³/mol. The van der Waals surface area contributed by atoms with Crippen LogP contribution in [0.3, 0.4) is 0 Å². The molecule has 2 N–H and O–H groups in total. The summed E-state index contributed by atoms with van der Waals surface area (Å²) in [6.45, 7) is 5.46. The van der Waals surface area contributed by atoms with E-state index in [1.165, 1.54) is 30.8 Å². The fourth-order valence-electron chi connectivity index (χ4n) is 3.90. The molecular weight excluding hydrogens is 473 g/mol. The minimum absolute atomic E-state index is 0.185. The first-order chi connectivity index (χ1) is 16.6. The summed E-state index contributed by atoms with van der Waals surface area (Å²) in [5.41, 5.74) is 2.53. The Hall–Kier alpha value is -3.44. The van der Waals surface area contributed by atoms with Gasteiger partial charge in [-0.1, -0.05) is 0 Å². The van der Waals surface area contributed by atoms with Gasteiger partial charge >= 0.3 is 0 Å². The molecule has 0 aliphatic carbocycles. The third kappa shape index (κ3) is 5.98. The third-order valence-electron chi connectivity index (χ3n) is 5.44. The van der Waals surface area contributed by atoms with E-state index < -0.39 is 21.6 Å². The van der Waals surface area contributed by atoms with Crippen LogP contribution in [0.5, 0.6) is 5.75 Å². The molecule has 2 aromatic carbocycles.